The topological polar surface area (TPSA) is 105 Å². The van der Waals surface area contributed by atoms with Gasteiger partial charge in [-0.05, 0) is 42.5 Å². The van der Waals surface area contributed by atoms with Gasteiger partial charge in [-0.15, -0.1) is 0 Å². The number of nitrogens with one attached hydrogen (secondary N) is 2. The van der Waals surface area contributed by atoms with E-state index < -0.39 is 0 Å². The van der Waals surface area contributed by atoms with Crippen LogP contribution in [0.25, 0.3) is 0 Å². The number of anilines is 3. The van der Waals surface area contributed by atoms with Gasteiger partial charge in [0, 0.05) is 69.8 Å². The van der Waals surface area contributed by atoms with Gasteiger partial charge in [0.05, 0.1) is 51.4 Å². The number of ether oxygens (including phenoxy) is 4. The van der Waals surface area contributed by atoms with E-state index in [-0.39, 0.29) is 11.8 Å². The molecule has 44 heavy (non-hydrogen) atoms. The summed E-state index contributed by atoms with van der Waals surface area (Å²) in [6.45, 7) is 7.38. The summed E-state index contributed by atoms with van der Waals surface area (Å²) in [5.74, 6) is 1.30. The lowest BCUT2D eigenvalue weighted by Gasteiger charge is -2.38. The van der Waals surface area contributed by atoms with Crippen molar-refractivity contribution in [3.05, 3.63) is 71.8 Å². The Morgan fingerprint density at radius 2 is 1.43 bits per heavy atom. The predicted molar refractivity (Wildman–Crippen MR) is 171 cm³/mol. The first-order chi connectivity index (χ1) is 21.5. The number of carbonyl (C=O) groups is 2. The molecule has 2 amide bonds. The van der Waals surface area contributed by atoms with Crippen molar-refractivity contribution in [2.75, 3.05) is 102 Å². The Bertz CT molecular complexity index is 1440. The molecule has 11 heteroatoms. The minimum atomic E-state index is -0.346. The highest BCUT2D eigenvalue weighted by atomic mass is 16.5. The van der Waals surface area contributed by atoms with Crippen molar-refractivity contribution in [2.24, 2.45) is 0 Å². The molecule has 0 unspecified atom stereocenters. The molecule has 2 fully saturated rings. The van der Waals surface area contributed by atoms with Crippen LogP contribution in [0.2, 0.25) is 0 Å². The van der Waals surface area contributed by atoms with Crippen LogP contribution in [0.4, 0.5) is 17.1 Å². The first-order valence-electron chi connectivity index (χ1n) is 14.9. The number of para-hydroxylation sites is 2. The van der Waals surface area contributed by atoms with Crippen molar-refractivity contribution < 1.29 is 28.5 Å². The fourth-order valence-corrected chi connectivity index (χ4v) is 5.58. The fourth-order valence-electron chi connectivity index (χ4n) is 5.58. The number of benzene rings is 3. The molecular formula is C33H41N5O6. The molecular weight excluding hydrogens is 562 g/mol. The zero-order chi connectivity index (χ0) is 30.9. The van der Waals surface area contributed by atoms with Crippen LogP contribution in [0, 0.1) is 0 Å². The number of amides is 2. The molecule has 2 heterocycles. The number of carbonyl (C=O) groups excluding carboxylic acids is 2. The van der Waals surface area contributed by atoms with Crippen molar-refractivity contribution >= 4 is 28.9 Å². The molecule has 0 bridgehead atoms. The minimum absolute atomic E-state index is 0.182. The highest BCUT2D eigenvalue weighted by Gasteiger charge is 2.24. The third kappa shape index (κ3) is 7.35. The van der Waals surface area contributed by atoms with Crippen LogP contribution in [0.15, 0.2) is 60.7 Å². The van der Waals surface area contributed by atoms with Crippen molar-refractivity contribution in [3.63, 3.8) is 0 Å². The van der Waals surface area contributed by atoms with Gasteiger partial charge >= 0.3 is 0 Å². The number of morpholine rings is 1. The lowest BCUT2D eigenvalue weighted by molar-refractivity contribution is 0.0383. The van der Waals surface area contributed by atoms with Gasteiger partial charge in [0.25, 0.3) is 11.8 Å². The van der Waals surface area contributed by atoms with Crippen LogP contribution < -0.4 is 34.6 Å². The maximum atomic E-state index is 13.6. The molecule has 0 aliphatic carbocycles. The summed E-state index contributed by atoms with van der Waals surface area (Å²) in [4.78, 5) is 33.7. The smallest absolute Gasteiger partial charge is 0.259 e. The van der Waals surface area contributed by atoms with Gasteiger partial charge in [-0.2, -0.15) is 0 Å². The molecule has 3 aromatic rings. The first-order valence-corrected chi connectivity index (χ1v) is 14.9. The zero-order valence-electron chi connectivity index (χ0n) is 25.6. The van der Waals surface area contributed by atoms with E-state index in [4.69, 9.17) is 18.9 Å². The second kappa shape index (κ2) is 14.8. The van der Waals surface area contributed by atoms with E-state index in [9.17, 15) is 9.59 Å². The van der Waals surface area contributed by atoms with Gasteiger partial charge in [0.1, 0.15) is 17.2 Å². The highest BCUT2D eigenvalue weighted by molar-refractivity contribution is 6.08. The van der Waals surface area contributed by atoms with Crippen molar-refractivity contribution in [3.8, 4) is 17.2 Å². The van der Waals surface area contributed by atoms with Crippen LogP contribution in [0.3, 0.4) is 0 Å². The molecule has 11 nitrogen and oxygen atoms in total. The minimum Gasteiger partial charge on any atom is -0.497 e. The van der Waals surface area contributed by atoms with Crippen molar-refractivity contribution in [1.29, 1.82) is 0 Å². The normalized spacial score (nSPS) is 15.4. The summed E-state index contributed by atoms with van der Waals surface area (Å²) in [7, 11) is 4.75. The van der Waals surface area contributed by atoms with Crippen LogP contribution >= 0.6 is 0 Å². The summed E-state index contributed by atoms with van der Waals surface area (Å²) in [5, 5.41) is 6.04. The lowest BCUT2D eigenvalue weighted by Crippen LogP contribution is -2.47. The van der Waals surface area contributed by atoms with E-state index in [0.29, 0.717) is 48.1 Å². The highest BCUT2D eigenvalue weighted by Crippen LogP contribution is 2.31. The molecule has 3 aromatic carbocycles. The molecule has 2 aliphatic rings. The summed E-state index contributed by atoms with van der Waals surface area (Å²) < 4.78 is 21.7. The number of nitrogens with zero attached hydrogens (tertiary/aromatic N) is 3. The molecule has 0 radical (unpaired) electrons. The van der Waals surface area contributed by atoms with Crippen molar-refractivity contribution in [1.82, 2.24) is 10.2 Å². The van der Waals surface area contributed by atoms with E-state index in [1.54, 1.807) is 38.5 Å². The summed E-state index contributed by atoms with van der Waals surface area (Å²) in [6.07, 6.45) is 0. The number of rotatable bonds is 11. The second-order valence-corrected chi connectivity index (χ2v) is 10.6. The summed E-state index contributed by atoms with van der Waals surface area (Å²) in [6, 6.07) is 18.5. The Kier molecular flexibility index (Phi) is 10.4. The van der Waals surface area contributed by atoms with Crippen LogP contribution in [0.1, 0.15) is 20.7 Å². The average molecular weight is 604 g/mol. The third-order valence-corrected chi connectivity index (χ3v) is 8.02. The average Bonchev–Trinajstić information content (AvgIpc) is 3.08. The van der Waals surface area contributed by atoms with Gasteiger partial charge < -0.3 is 39.4 Å². The quantitative estimate of drug-likeness (QED) is 0.342. The number of hydrogen-bond acceptors (Lipinski definition) is 9. The SMILES string of the molecule is COc1ccc(C(=O)Nc2ccc(N3CCN(c4ccccc4OC)CC3)c(C(=O)NCCN3CCOCC3)c2)c(OC)c1. The largest absolute Gasteiger partial charge is 0.497 e. The molecule has 2 aliphatic heterocycles. The van der Waals surface area contributed by atoms with Gasteiger partial charge in [-0.1, -0.05) is 12.1 Å². The Morgan fingerprint density at radius 1 is 0.727 bits per heavy atom. The maximum Gasteiger partial charge on any atom is 0.259 e. The van der Waals surface area contributed by atoms with Crippen LogP contribution in [0.5, 0.6) is 17.2 Å². The number of methoxy groups -OCH3 is 3. The Hall–Kier alpha value is -4.48. The molecule has 234 valence electrons. The van der Waals surface area contributed by atoms with Crippen molar-refractivity contribution in [2.45, 2.75) is 0 Å². The van der Waals surface area contributed by atoms with E-state index in [2.05, 4.69) is 31.4 Å². The van der Waals surface area contributed by atoms with E-state index in [1.807, 2.05) is 30.3 Å². The van der Waals surface area contributed by atoms with Crippen LogP contribution in [-0.2, 0) is 4.74 Å². The molecule has 0 saturated carbocycles. The van der Waals surface area contributed by atoms with Gasteiger partial charge in [-0.25, -0.2) is 0 Å². The number of piperazine rings is 1. The number of hydrogen-bond donors (Lipinski definition) is 2. The van der Waals surface area contributed by atoms with Gasteiger partial charge in [0.15, 0.2) is 0 Å². The van der Waals surface area contributed by atoms with Gasteiger partial charge in [0.2, 0.25) is 0 Å². The summed E-state index contributed by atoms with van der Waals surface area (Å²) in [5.41, 5.74) is 3.28. The predicted octanol–water partition coefficient (Wildman–Crippen LogP) is 3.35. The fraction of sp³-hybridized carbons (Fsp3) is 0.394. The third-order valence-electron chi connectivity index (χ3n) is 8.02. The molecule has 2 saturated heterocycles. The Labute approximate surface area is 258 Å². The van der Waals surface area contributed by atoms with Gasteiger partial charge in [-0.3, -0.25) is 14.5 Å². The Morgan fingerprint density at radius 3 is 2.14 bits per heavy atom. The maximum absolute atomic E-state index is 13.6. The van der Waals surface area contributed by atoms with E-state index >= 15 is 0 Å². The standard InChI is InChI=1S/C33H41N5O6/c1-41-25-9-10-26(31(23-25)43-3)33(40)35-24-8-11-28(27(22-24)32(39)34-12-13-36-18-20-44-21-19-36)37-14-16-38(17-15-37)29-6-4-5-7-30(29)42-2/h4-11,22-23H,12-21H2,1-3H3,(H,34,39)(H,35,40). The van der Waals surface area contributed by atoms with E-state index in [0.717, 1.165) is 62.9 Å². The molecule has 0 atom stereocenters. The first kappa shape index (κ1) is 31.0. The molecule has 0 spiro atoms. The molecule has 0 aromatic heterocycles. The zero-order valence-corrected chi connectivity index (χ0v) is 25.6. The monoisotopic (exact) mass is 603 g/mol. The van der Waals surface area contributed by atoms with Crippen LogP contribution in [-0.4, -0.2) is 104 Å². The molecule has 2 N–H and O–H groups in total. The van der Waals surface area contributed by atoms with E-state index in [1.165, 1.54) is 7.11 Å². The summed E-state index contributed by atoms with van der Waals surface area (Å²) >= 11 is 0. The lowest BCUT2D eigenvalue weighted by atomic mass is 10.1. The second-order valence-electron chi connectivity index (χ2n) is 10.6. The molecule has 5 rings (SSSR count). The Balaban J connectivity index is 1.34.